The van der Waals surface area contributed by atoms with Crippen LogP contribution in [-0.4, -0.2) is 49.1 Å². The highest BCUT2D eigenvalue weighted by atomic mass is 16.5. The number of ether oxygens (including phenoxy) is 1. The number of nitrogens with zero attached hydrogens (tertiary/aromatic N) is 5. The molecule has 0 bridgehead atoms. The minimum atomic E-state index is -0.487. The Labute approximate surface area is 200 Å². The van der Waals surface area contributed by atoms with Crippen LogP contribution in [0.3, 0.4) is 0 Å². The average Bonchev–Trinajstić information content (AvgIpc) is 3.32. The third-order valence-corrected chi connectivity index (χ3v) is 5.39. The van der Waals surface area contributed by atoms with Gasteiger partial charge in [0, 0.05) is 17.4 Å². The molecule has 2 aromatic carbocycles. The second-order valence-corrected chi connectivity index (χ2v) is 7.99. The Balaban J connectivity index is 1.19. The van der Waals surface area contributed by atoms with Crippen LogP contribution in [0.15, 0.2) is 66.7 Å². The first kappa shape index (κ1) is 22.0. The van der Waals surface area contributed by atoms with E-state index in [0.717, 1.165) is 16.3 Å². The van der Waals surface area contributed by atoms with Gasteiger partial charge in [0.05, 0.1) is 16.8 Å². The lowest BCUT2D eigenvalue weighted by atomic mass is 10.1. The molecule has 1 aliphatic heterocycles. The van der Waals surface area contributed by atoms with E-state index in [-0.39, 0.29) is 6.54 Å². The van der Waals surface area contributed by atoms with Crippen molar-refractivity contribution in [2.45, 2.75) is 13.8 Å². The van der Waals surface area contributed by atoms with Crippen LogP contribution >= 0.6 is 0 Å². The Morgan fingerprint density at radius 1 is 0.914 bits per heavy atom. The minimum Gasteiger partial charge on any atom is -0.438 e. The van der Waals surface area contributed by atoms with Gasteiger partial charge in [-0.05, 0) is 62.4 Å². The molecule has 35 heavy (non-hydrogen) atoms. The van der Waals surface area contributed by atoms with E-state index in [9.17, 15) is 14.4 Å². The van der Waals surface area contributed by atoms with Gasteiger partial charge in [-0.15, -0.1) is 10.2 Å². The summed E-state index contributed by atoms with van der Waals surface area (Å²) in [6, 6.07) is 18.5. The highest BCUT2D eigenvalue weighted by molar-refractivity contribution is 6.22. The van der Waals surface area contributed by atoms with Gasteiger partial charge >= 0.3 is 0 Å². The van der Waals surface area contributed by atoms with Crippen molar-refractivity contribution in [3.05, 3.63) is 89.2 Å². The molecule has 3 heterocycles. The van der Waals surface area contributed by atoms with Crippen LogP contribution in [0.25, 0.3) is 5.82 Å². The molecule has 174 valence electrons. The van der Waals surface area contributed by atoms with Crippen molar-refractivity contribution in [3.63, 3.8) is 0 Å². The molecule has 0 saturated heterocycles. The van der Waals surface area contributed by atoms with Gasteiger partial charge in [0.1, 0.15) is 12.3 Å². The number of anilines is 1. The number of hydrogen-bond acceptors (Lipinski definition) is 7. The molecule has 4 aromatic rings. The van der Waals surface area contributed by atoms with Gasteiger partial charge in [0.15, 0.2) is 5.82 Å². The maximum Gasteiger partial charge on any atom is 0.262 e. The summed E-state index contributed by atoms with van der Waals surface area (Å²) < 4.78 is 7.42. The van der Waals surface area contributed by atoms with Gasteiger partial charge in [-0.2, -0.15) is 5.10 Å². The van der Waals surface area contributed by atoms with Crippen LogP contribution in [0.2, 0.25) is 0 Å². The number of rotatable bonds is 6. The molecule has 0 aliphatic carbocycles. The van der Waals surface area contributed by atoms with Gasteiger partial charge < -0.3 is 10.1 Å². The lowest BCUT2D eigenvalue weighted by Gasteiger charge is -2.14. The molecule has 0 fully saturated rings. The fourth-order valence-electron chi connectivity index (χ4n) is 3.80. The maximum atomic E-state index is 12.4. The van der Waals surface area contributed by atoms with E-state index < -0.39 is 17.7 Å². The highest BCUT2D eigenvalue weighted by Gasteiger charge is 2.36. The van der Waals surface area contributed by atoms with Gasteiger partial charge in [0.2, 0.25) is 11.8 Å². The monoisotopic (exact) mass is 468 g/mol. The number of aryl methyl sites for hydroxylation is 2. The topological polar surface area (TPSA) is 119 Å². The number of fused-ring (bicyclic) bond motifs is 1. The van der Waals surface area contributed by atoms with E-state index in [0.29, 0.717) is 34.3 Å². The first-order valence-electron chi connectivity index (χ1n) is 10.8. The van der Waals surface area contributed by atoms with Crippen LogP contribution in [-0.2, 0) is 4.79 Å². The molecule has 0 saturated carbocycles. The van der Waals surface area contributed by atoms with Gasteiger partial charge in [-0.1, -0.05) is 12.1 Å². The third-order valence-electron chi connectivity index (χ3n) is 5.39. The first-order valence-corrected chi connectivity index (χ1v) is 10.8. The first-order chi connectivity index (χ1) is 16.9. The predicted molar refractivity (Wildman–Crippen MR) is 126 cm³/mol. The SMILES string of the molecule is Cc1cc(C)n(-c2ccc(Oc3ccc(NC(=O)CN4C(=O)c5ccccc5C4=O)cc3)nn2)n1. The van der Waals surface area contributed by atoms with Crippen molar-refractivity contribution >= 4 is 23.4 Å². The number of benzene rings is 2. The molecule has 0 spiro atoms. The zero-order valence-electron chi connectivity index (χ0n) is 18.9. The Kier molecular flexibility index (Phi) is 5.54. The van der Waals surface area contributed by atoms with Crippen molar-refractivity contribution in [3.8, 4) is 17.4 Å². The number of carbonyl (C=O) groups is 3. The summed E-state index contributed by atoms with van der Waals surface area (Å²) in [4.78, 5) is 38.2. The van der Waals surface area contributed by atoms with E-state index in [1.807, 2.05) is 19.9 Å². The Morgan fingerprint density at radius 2 is 1.60 bits per heavy atom. The van der Waals surface area contributed by atoms with Crippen molar-refractivity contribution in [1.29, 1.82) is 0 Å². The normalized spacial score (nSPS) is 12.6. The van der Waals surface area contributed by atoms with Crippen LogP contribution < -0.4 is 10.1 Å². The Bertz CT molecular complexity index is 1410. The van der Waals surface area contributed by atoms with Crippen LogP contribution in [0, 0.1) is 13.8 Å². The van der Waals surface area contributed by atoms with E-state index in [1.54, 1.807) is 65.3 Å². The fraction of sp³-hybridized carbons (Fsp3) is 0.120. The standard InChI is InChI=1S/C25H20N6O4/c1-15-13-16(2)31(29-15)21-11-12-23(28-27-21)35-18-9-7-17(8-10-18)26-22(32)14-30-24(33)19-5-3-4-6-20(19)25(30)34/h3-13H,14H2,1-2H3,(H,26,32). The van der Waals surface area contributed by atoms with Crippen LogP contribution in [0.1, 0.15) is 32.1 Å². The van der Waals surface area contributed by atoms with Crippen LogP contribution in [0.4, 0.5) is 5.69 Å². The molecule has 1 N–H and O–H groups in total. The van der Waals surface area contributed by atoms with Gasteiger partial charge in [0.25, 0.3) is 11.8 Å². The summed E-state index contributed by atoms with van der Waals surface area (Å²) in [6.45, 7) is 3.47. The molecule has 10 nitrogen and oxygen atoms in total. The number of hydrogen-bond donors (Lipinski definition) is 1. The molecule has 5 rings (SSSR count). The molecule has 10 heteroatoms. The summed E-state index contributed by atoms with van der Waals surface area (Å²) >= 11 is 0. The summed E-state index contributed by atoms with van der Waals surface area (Å²) in [6.07, 6.45) is 0. The van der Waals surface area contributed by atoms with E-state index in [4.69, 9.17) is 4.74 Å². The van der Waals surface area contributed by atoms with Crippen molar-refractivity contribution in [1.82, 2.24) is 24.9 Å². The smallest absolute Gasteiger partial charge is 0.262 e. The Morgan fingerprint density at radius 3 is 2.17 bits per heavy atom. The van der Waals surface area contributed by atoms with E-state index in [2.05, 4.69) is 20.6 Å². The summed E-state index contributed by atoms with van der Waals surface area (Å²) in [5.74, 6) is -0.0592. The summed E-state index contributed by atoms with van der Waals surface area (Å²) in [7, 11) is 0. The molecular weight excluding hydrogens is 448 g/mol. The van der Waals surface area contributed by atoms with Gasteiger partial charge in [-0.3, -0.25) is 19.3 Å². The van der Waals surface area contributed by atoms with Crippen molar-refractivity contribution in [2.75, 3.05) is 11.9 Å². The number of carbonyl (C=O) groups excluding carboxylic acids is 3. The number of imide groups is 1. The Hall–Kier alpha value is -4.86. The minimum absolute atomic E-state index is 0.303. The number of nitrogens with one attached hydrogen (secondary N) is 1. The highest BCUT2D eigenvalue weighted by Crippen LogP contribution is 2.24. The average molecular weight is 468 g/mol. The zero-order chi connectivity index (χ0) is 24.5. The van der Waals surface area contributed by atoms with Gasteiger partial charge in [-0.25, -0.2) is 4.68 Å². The quantitative estimate of drug-likeness (QED) is 0.431. The zero-order valence-corrected chi connectivity index (χ0v) is 18.9. The molecule has 1 aliphatic rings. The second-order valence-electron chi connectivity index (χ2n) is 7.99. The van der Waals surface area contributed by atoms with E-state index >= 15 is 0 Å². The molecule has 0 atom stereocenters. The van der Waals surface area contributed by atoms with Crippen molar-refractivity contribution in [2.24, 2.45) is 0 Å². The summed E-state index contributed by atoms with van der Waals surface area (Å²) in [5.41, 5.74) is 2.94. The largest absolute Gasteiger partial charge is 0.438 e. The predicted octanol–water partition coefficient (Wildman–Crippen LogP) is 3.31. The fourth-order valence-corrected chi connectivity index (χ4v) is 3.80. The van der Waals surface area contributed by atoms with Crippen molar-refractivity contribution < 1.29 is 19.1 Å². The molecular formula is C25H20N6O4. The summed E-state index contributed by atoms with van der Waals surface area (Å²) in [5, 5.41) is 15.3. The third kappa shape index (κ3) is 4.36. The molecule has 0 unspecified atom stereocenters. The lowest BCUT2D eigenvalue weighted by Crippen LogP contribution is -2.37. The molecule has 3 amide bonds. The molecule has 2 aromatic heterocycles. The maximum absolute atomic E-state index is 12.4. The van der Waals surface area contributed by atoms with Crippen LogP contribution in [0.5, 0.6) is 11.6 Å². The lowest BCUT2D eigenvalue weighted by molar-refractivity contribution is -0.116. The molecule has 0 radical (unpaired) electrons. The number of aromatic nitrogens is 4. The van der Waals surface area contributed by atoms with E-state index in [1.165, 1.54) is 0 Å². The second kappa shape index (κ2) is 8.82. The number of amides is 3.